The fourth-order valence-corrected chi connectivity index (χ4v) is 3.46. The molecule has 1 aliphatic rings. The van der Waals surface area contributed by atoms with E-state index in [2.05, 4.69) is 15.8 Å². The maximum Gasteiger partial charge on any atom is 0.344 e. The summed E-state index contributed by atoms with van der Waals surface area (Å²) in [6.45, 7) is 4.89. The predicted octanol–water partition coefficient (Wildman–Crippen LogP) is 3.37. The van der Waals surface area contributed by atoms with Gasteiger partial charge in [-0.05, 0) is 26.3 Å². The first-order valence-electron chi connectivity index (χ1n) is 9.73. The number of benzene rings is 1. The van der Waals surface area contributed by atoms with Crippen LogP contribution in [0.25, 0.3) is 11.3 Å². The normalized spacial score (nSPS) is 15.9. The molecule has 2 heterocycles. The van der Waals surface area contributed by atoms with E-state index < -0.39 is 24.0 Å². The number of nitrogens with one attached hydrogen (secondary N) is 2. The number of nitrogens with zero attached hydrogens (tertiary/aromatic N) is 1. The summed E-state index contributed by atoms with van der Waals surface area (Å²) in [4.78, 5) is 37.3. The zero-order valence-corrected chi connectivity index (χ0v) is 18.0. The van der Waals surface area contributed by atoms with Crippen LogP contribution in [0.15, 0.2) is 40.1 Å². The van der Waals surface area contributed by atoms with E-state index in [1.165, 1.54) is 0 Å². The Morgan fingerprint density at radius 2 is 1.94 bits per heavy atom. The fourth-order valence-electron chi connectivity index (χ4n) is 3.24. The van der Waals surface area contributed by atoms with Gasteiger partial charge in [-0.3, -0.25) is 0 Å². The molecule has 31 heavy (non-hydrogen) atoms. The van der Waals surface area contributed by atoms with E-state index >= 15 is 0 Å². The lowest BCUT2D eigenvalue weighted by Crippen LogP contribution is -2.51. The first kappa shape index (κ1) is 22.4. The number of amides is 2. The highest BCUT2D eigenvalue weighted by atomic mass is 35.5. The monoisotopic (exact) mass is 447 g/mol. The Hall–Kier alpha value is -3.33. The fraction of sp³-hybridized carbons (Fsp3) is 0.333. The van der Waals surface area contributed by atoms with Crippen LogP contribution in [-0.2, 0) is 14.3 Å². The molecule has 0 aliphatic carbocycles. The molecule has 2 N–H and O–H groups in total. The average Bonchev–Trinajstić information content (AvgIpc) is 3.13. The van der Waals surface area contributed by atoms with Crippen molar-refractivity contribution in [3.63, 3.8) is 0 Å². The van der Waals surface area contributed by atoms with E-state index in [-0.39, 0.29) is 41.5 Å². The van der Waals surface area contributed by atoms with E-state index in [1.807, 2.05) is 6.92 Å². The van der Waals surface area contributed by atoms with Gasteiger partial charge in [-0.15, -0.1) is 0 Å². The van der Waals surface area contributed by atoms with Gasteiger partial charge in [-0.2, -0.15) is 0 Å². The summed E-state index contributed by atoms with van der Waals surface area (Å²) >= 11 is 6.23. The molecule has 0 saturated carbocycles. The van der Waals surface area contributed by atoms with Gasteiger partial charge in [0.05, 0.1) is 28.9 Å². The van der Waals surface area contributed by atoms with Crippen LogP contribution in [0.3, 0.4) is 0 Å². The number of hydrogen-bond acceptors (Lipinski definition) is 7. The molecule has 164 valence electrons. The SMILES string of the molecule is CCOC(=O)C1=C(COC(=O)c2c(-c3ccccc3Cl)noc2C)NC(=O)N[C@H]1CC. The number of esters is 2. The van der Waals surface area contributed by atoms with Crippen LogP contribution in [0.1, 0.15) is 36.4 Å². The standard InChI is InChI=1S/C21H22ClN3O6/c1-4-14-17(20(27)29-5-2)15(24-21(28)23-14)10-30-19(26)16-11(3)31-25-18(16)12-8-6-7-9-13(12)22/h6-9,14H,4-5,10H2,1-3H3,(H2,23,24,28)/t14-/m0/s1. The molecule has 0 unspecified atom stereocenters. The summed E-state index contributed by atoms with van der Waals surface area (Å²) in [5.41, 5.74) is 1.24. The lowest BCUT2D eigenvalue weighted by Gasteiger charge is -2.28. The van der Waals surface area contributed by atoms with Crippen molar-refractivity contribution in [3.05, 3.63) is 51.9 Å². The van der Waals surface area contributed by atoms with Gasteiger partial charge in [0.15, 0.2) is 0 Å². The van der Waals surface area contributed by atoms with Crippen molar-refractivity contribution < 1.29 is 28.4 Å². The molecule has 2 amide bonds. The van der Waals surface area contributed by atoms with Crippen LogP contribution < -0.4 is 10.6 Å². The molecule has 1 atom stereocenters. The smallest absolute Gasteiger partial charge is 0.344 e. The van der Waals surface area contributed by atoms with Gasteiger partial charge >= 0.3 is 18.0 Å². The van der Waals surface area contributed by atoms with Crippen molar-refractivity contribution in [1.82, 2.24) is 15.8 Å². The zero-order chi connectivity index (χ0) is 22.5. The molecule has 1 aromatic heterocycles. The number of aryl methyl sites for hydroxylation is 1. The average molecular weight is 448 g/mol. The lowest BCUT2D eigenvalue weighted by molar-refractivity contribution is -0.139. The molecule has 2 aromatic rings. The number of hydrogen-bond donors (Lipinski definition) is 2. The van der Waals surface area contributed by atoms with Crippen LogP contribution in [0, 0.1) is 6.92 Å². The van der Waals surface area contributed by atoms with Crippen molar-refractivity contribution in [2.75, 3.05) is 13.2 Å². The van der Waals surface area contributed by atoms with E-state index in [0.717, 1.165) is 0 Å². The van der Waals surface area contributed by atoms with E-state index in [9.17, 15) is 14.4 Å². The Morgan fingerprint density at radius 1 is 1.19 bits per heavy atom. The molecule has 0 spiro atoms. The van der Waals surface area contributed by atoms with Gasteiger partial charge in [0.1, 0.15) is 23.6 Å². The molecule has 0 fully saturated rings. The number of rotatable bonds is 7. The molecule has 0 radical (unpaired) electrons. The second kappa shape index (κ2) is 9.65. The number of carbonyl (C=O) groups excluding carboxylic acids is 3. The van der Waals surface area contributed by atoms with Gasteiger partial charge < -0.3 is 24.6 Å². The summed E-state index contributed by atoms with van der Waals surface area (Å²) in [6, 6.07) is 5.83. The summed E-state index contributed by atoms with van der Waals surface area (Å²) in [5.74, 6) is -1.07. The van der Waals surface area contributed by atoms with Crippen LogP contribution in [-0.4, -0.2) is 42.4 Å². The van der Waals surface area contributed by atoms with Crippen molar-refractivity contribution in [2.45, 2.75) is 33.2 Å². The Balaban J connectivity index is 1.89. The van der Waals surface area contributed by atoms with Crippen molar-refractivity contribution in [1.29, 1.82) is 0 Å². The Labute approximate surface area is 183 Å². The maximum atomic E-state index is 12.9. The van der Waals surface area contributed by atoms with Crippen molar-refractivity contribution >= 4 is 29.6 Å². The van der Waals surface area contributed by atoms with E-state index in [0.29, 0.717) is 17.0 Å². The highest BCUT2D eigenvalue weighted by Gasteiger charge is 2.32. The third-order valence-electron chi connectivity index (χ3n) is 4.69. The van der Waals surface area contributed by atoms with E-state index in [1.54, 1.807) is 38.1 Å². The highest BCUT2D eigenvalue weighted by Crippen LogP contribution is 2.31. The minimum atomic E-state index is -0.731. The van der Waals surface area contributed by atoms with E-state index in [4.69, 9.17) is 25.6 Å². The topological polar surface area (TPSA) is 120 Å². The number of urea groups is 1. The van der Waals surface area contributed by atoms with Gasteiger partial charge in [-0.1, -0.05) is 41.9 Å². The molecule has 3 rings (SSSR count). The van der Waals surface area contributed by atoms with Crippen molar-refractivity contribution in [2.24, 2.45) is 0 Å². The minimum Gasteiger partial charge on any atom is -0.463 e. The summed E-state index contributed by atoms with van der Waals surface area (Å²) in [7, 11) is 0. The quantitative estimate of drug-likeness (QED) is 0.624. The maximum absolute atomic E-state index is 12.9. The molecule has 0 saturated heterocycles. The molecule has 10 heteroatoms. The Kier molecular flexibility index (Phi) is 6.96. The summed E-state index contributed by atoms with van der Waals surface area (Å²) < 4.78 is 15.7. The number of carbonyl (C=O) groups is 3. The lowest BCUT2D eigenvalue weighted by atomic mass is 10.0. The van der Waals surface area contributed by atoms with Crippen LogP contribution in [0.5, 0.6) is 0 Å². The Morgan fingerprint density at radius 3 is 2.61 bits per heavy atom. The van der Waals surface area contributed by atoms with Crippen LogP contribution >= 0.6 is 11.6 Å². The third-order valence-corrected chi connectivity index (χ3v) is 5.02. The second-order valence-electron chi connectivity index (χ2n) is 6.69. The molecule has 0 bridgehead atoms. The van der Waals surface area contributed by atoms with Crippen LogP contribution in [0.4, 0.5) is 4.79 Å². The predicted molar refractivity (Wildman–Crippen MR) is 111 cm³/mol. The first-order valence-corrected chi connectivity index (χ1v) is 10.1. The molecule has 9 nitrogen and oxygen atoms in total. The molecule has 1 aromatic carbocycles. The van der Waals surface area contributed by atoms with Crippen LogP contribution in [0.2, 0.25) is 5.02 Å². The second-order valence-corrected chi connectivity index (χ2v) is 7.10. The number of aromatic nitrogens is 1. The summed E-state index contributed by atoms with van der Waals surface area (Å²) in [6.07, 6.45) is 0.459. The number of ether oxygens (including phenoxy) is 2. The number of halogens is 1. The highest BCUT2D eigenvalue weighted by molar-refractivity contribution is 6.33. The largest absolute Gasteiger partial charge is 0.463 e. The molecular formula is C21H22ClN3O6. The Bertz CT molecular complexity index is 1050. The van der Waals surface area contributed by atoms with Gasteiger partial charge in [0, 0.05) is 5.56 Å². The molecule has 1 aliphatic heterocycles. The van der Waals surface area contributed by atoms with Gasteiger partial charge in [0.2, 0.25) is 0 Å². The summed E-state index contributed by atoms with van der Waals surface area (Å²) in [5, 5.41) is 9.53. The third kappa shape index (κ3) is 4.72. The van der Waals surface area contributed by atoms with Gasteiger partial charge in [-0.25, -0.2) is 14.4 Å². The first-order chi connectivity index (χ1) is 14.9. The van der Waals surface area contributed by atoms with Crippen molar-refractivity contribution in [3.8, 4) is 11.3 Å². The van der Waals surface area contributed by atoms with Gasteiger partial charge in [0.25, 0.3) is 0 Å². The minimum absolute atomic E-state index is 0.110. The zero-order valence-electron chi connectivity index (χ0n) is 17.3. The molecular weight excluding hydrogens is 426 g/mol.